The van der Waals surface area contributed by atoms with E-state index in [9.17, 15) is 18.0 Å². The summed E-state index contributed by atoms with van der Waals surface area (Å²) < 4.78 is 31.4. The molecule has 27 heavy (non-hydrogen) atoms. The van der Waals surface area contributed by atoms with E-state index in [2.05, 4.69) is 11.6 Å². The molecule has 1 saturated carbocycles. The Hall–Kier alpha value is -1.93. The average molecular weight is 397 g/mol. The summed E-state index contributed by atoms with van der Waals surface area (Å²) in [5.41, 5.74) is 0.934. The van der Waals surface area contributed by atoms with E-state index >= 15 is 0 Å². The zero-order chi connectivity index (χ0) is 20.0. The zero-order valence-electron chi connectivity index (χ0n) is 16.1. The van der Waals surface area contributed by atoms with Crippen molar-refractivity contribution >= 4 is 21.9 Å². The van der Waals surface area contributed by atoms with Crippen LogP contribution in [-0.2, 0) is 24.3 Å². The normalized spacial score (nSPS) is 20.1. The van der Waals surface area contributed by atoms with Gasteiger partial charge in [-0.15, -0.1) is 0 Å². The number of likely N-dealkylation sites (N-methyl/N-ethyl adjacent to an activating group) is 1. The molecule has 0 aliphatic heterocycles. The molecule has 1 aromatic rings. The van der Waals surface area contributed by atoms with Gasteiger partial charge in [-0.1, -0.05) is 24.6 Å². The molecule has 1 aliphatic rings. The summed E-state index contributed by atoms with van der Waals surface area (Å²) in [6.07, 6.45) is 4.08. The molecule has 1 amide bonds. The molecule has 0 radical (unpaired) electrons. The van der Waals surface area contributed by atoms with Gasteiger partial charge in [0.25, 0.3) is 5.91 Å². The fourth-order valence-corrected chi connectivity index (χ4v) is 4.05. The number of nitrogens with zero attached hydrogens (tertiary/aromatic N) is 1. The Balaban J connectivity index is 1.77. The number of sulfonamides is 1. The van der Waals surface area contributed by atoms with Crippen LogP contribution in [0.5, 0.6) is 0 Å². The average Bonchev–Trinajstić information content (AvgIpc) is 2.65. The van der Waals surface area contributed by atoms with Crippen molar-refractivity contribution in [1.82, 2.24) is 9.62 Å². The number of nitrogens with one attached hydrogen (secondary N) is 1. The first-order valence-corrected chi connectivity index (χ1v) is 10.6. The van der Waals surface area contributed by atoms with Crippen LogP contribution in [0, 0.1) is 12.8 Å². The van der Waals surface area contributed by atoms with Gasteiger partial charge < -0.3 is 9.64 Å². The third-order valence-corrected chi connectivity index (χ3v) is 6.44. The molecule has 0 spiro atoms. The van der Waals surface area contributed by atoms with Crippen molar-refractivity contribution in [2.24, 2.45) is 5.92 Å². The Morgan fingerprint density at radius 3 is 2.33 bits per heavy atom. The Morgan fingerprint density at radius 2 is 1.74 bits per heavy atom. The van der Waals surface area contributed by atoms with Gasteiger partial charge in [0.1, 0.15) is 6.54 Å². The minimum Gasteiger partial charge on any atom is -0.455 e. The molecule has 0 atom stereocenters. The van der Waals surface area contributed by atoms with Gasteiger partial charge in [-0.2, -0.15) is 4.72 Å². The lowest BCUT2D eigenvalue weighted by Crippen LogP contribution is -2.42. The highest BCUT2D eigenvalue weighted by Gasteiger charge is 2.25. The smallest absolute Gasteiger partial charge is 0.321 e. The summed E-state index contributed by atoms with van der Waals surface area (Å²) in [7, 11) is -2.08. The molecule has 1 fully saturated rings. The van der Waals surface area contributed by atoms with Gasteiger partial charge in [-0.25, -0.2) is 8.42 Å². The molecule has 1 N–H and O–H groups in total. The SMILES string of the molecule is Cc1ccc(S(=O)(=O)NCC(=O)OCC(=O)N(C)C2CCC(C)CC2)cc1. The van der Waals surface area contributed by atoms with Gasteiger partial charge in [0.2, 0.25) is 10.0 Å². The number of esters is 1. The van der Waals surface area contributed by atoms with Gasteiger partial charge in [0.15, 0.2) is 6.61 Å². The Morgan fingerprint density at radius 1 is 1.15 bits per heavy atom. The second-order valence-corrected chi connectivity index (χ2v) is 8.98. The first kappa shape index (κ1) is 21.4. The van der Waals surface area contributed by atoms with Crippen LogP contribution in [0.15, 0.2) is 29.2 Å². The van der Waals surface area contributed by atoms with E-state index in [4.69, 9.17) is 4.74 Å². The first-order chi connectivity index (χ1) is 12.7. The maximum Gasteiger partial charge on any atom is 0.321 e. The minimum atomic E-state index is -3.80. The number of carbonyl (C=O) groups is 2. The molecular formula is C19H28N2O5S. The van der Waals surface area contributed by atoms with Gasteiger partial charge in [0, 0.05) is 13.1 Å². The van der Waals surface area contributed by atoms with E-state index in [0.717, 1.165) is 31.2 Å². The number of benzene rings is 1. The summed E-state index contributed by atoms with van der Waals surface area (Å²) in [5, 5.41) is 0. The highest BCUT2D eigenvalue weighted by molar-refractivity contribution is 7.89. The minimum absolute atomic E-state index is 0.0724. The first-order valence-electron chi connectivity index (χ1n) is 9.16. The number of rotatable bonds is 7. The number of hydrogen-bond acceptors (Lipinski definition) is 5. The second-order valence-electron chi connectivity index (χ2n) is 7.22. The van der Waals surface area contributed by atoms with E-state index in [1.807, 2.05) is 6.92 Å². The number of ether oxygens (including phenoxy) is 1. The van der Waals surface area contributed by atoms with E-state index in [1.54, 1.807) is 24.1 Å². The van der Waals surface area contributed by atoms with Crippen molar-refractivity contribution < 1.29 is 22.7 Å². The molecule has 150 valence electrons. The molecule has 0 aromatic heterocycles. The largest absolute Gasteiger partial charge is 0.455 e. The van der Waals surface area contributed by atoms with Crippen LogP contribution in [0.25, 0.3) is 0 Å². The fraction of sp³-hybridized carbons (Fsp3) is 0.579. The van der Waals surface area contributed by atoms with E-state index in [0.29, 0.717) is 5.92 Å². The van der Waals surface area contributed by atoms with E-state index < -0.39 is 22.5 Å². The second kappa shape index (κ2) is 9.32. The standard InChI is InChI=1S/C19H28N2O5S/c1-14-4-8-16(9-5-14)21(3)18(22)13-26-19(23)12-20-27(24,25)17-10-6-15(2)7-11-17/h6-7,10-11,14,16,20H,4-5,8-9,12-13H2,1-3H3. The molecule has 0 bridgehead atoms. The summed E-state index contributed by atoms with van der Waals surface area (Å²) in [6, 6.07) is 6.45. The molecular weight excluding hydrogens is 368 g/mol. The molecule has 1 aromatic carbocycles. The maximum absolute atomic E-state index is 12.2. The molecule has 0 unspecified atom stereocenters. The molecule has 7 nitrogen and oxygen atoms in total. The van der Waals surface area contributed by atoms with E-state index in [-0.39, 0.29) is 23.5 Å². The summed E-state index contributed by atoms with van der Waals surface area (Å²) in [5.74, 6) is -0.377. The summed E-state index contributed by atoms with van der Waals surface area (Å²) in [6.45, 7) is 3.16. The van der Waals surface area contributed by atoms with Crippen LogP contribution in [0.3, 0.4) is 0 Å². The fourth-order valence-electron chi connectivity index (χ4n) is 3.08. The summed E-state index contributed by atoms with van der Waals surface area (Å²) in [4.78, 5) is 25.7. The van der Waals surface area contributed by atoms with Gasteiger partial charge in [-0.05, 0) is 50.7 Å². The lowest BCUT2D eigenvalue weighted by Gasteiger charge is -2.33. The van der Waals surface area contributed by atoms with Crippen LogP contribution in [0.4, 0.5) is 0 Å². The van der Waals surface area contributed by atoms with Crippen molar-refractivity contribution in [3.63, 3.8) is 0 Å². The van der Waals surface area contributed by atoms with Crippen molar-refractivity contribution in [3.05, 3.63) is 29.8 Å². The van der Waals surface area contributed by atoms with Crippen LogP contribution in [0.1, 0.15) is 38.2 Å². The number of carbonyl (C=O) groups excluding carboxylic acids is 2. The van der Waals surface area contributed by atoms with Crippen molar-refractivity contribution in [2.75, 3.05) is 20.2 Å². The van der Waals surface area contributed by atoms with Crippen LogP contribution < -0.4 is 4.72 Å². The van der Waals surface area contributed by atoms with Gasteiger partial charge in [-0.3, -0.25) is 9.59 Å². The molecule has 1 aliphatic carbocycles. The van der Waals surface area contributed by atoms with Crippen LogP contribution in [-0.4, -0.2) is 51.4 Å². The molecule has 0 saturated heterocycles. The highest BCUT2D eigenvalue weighted by atomic mass is 32.2. The summed E-state index contributed by atoms with van der Waals surface area (Å²) >= 11 is 0. The van der Waals surface area contributed by atoms with Crippen molar-refractivity contribution in [1.29, 1.82) is 0 Å². The van der Waals surface area contributed by atoms with Crippen molar-refractivity contribution in [2.45, 2.75) is 50.5 Å². The number of amides is 1. The quantitative estimate of drug-likeness (QED) is 0.710. The predicted octanol–water partition coefficient (Wildman–Crippen LogP) is 1.85. The Kier molecular flexibility index (Phi) is 7.38. The molecule has 8 heteroatoms. The monoisotopic (exact) mass is 396 g/mol. The maximum atomic E-state index is 12.2. The zero-order valence-corrected chi connectivity index (χ0v) is 16.9. The topological polar surface area (TPSA) is 92.8 Å². The van der Waals surface area contributed by atoms with E-state index in [1.165, 1.54) is 12.1 Å². The van der Waals surface area contributed by atoms with Crippen molar-refractivity contribution in [3.8, 4) is 0 Å². The Bertz CT molecular complexity index is 753. The predicted molar refractivity (Wildman–Crippen MR) is 102 cm³/mol. The number of hydrogen-bond donors (Lipinski definition) is 1. The number of aryl methyl sites for hydroxylation is 1. The third kappa shape index (κ3) is 6.32. The van der Waals surface area contributed by atoms with Crippen LogP contribution >= 0.6 is 0 Å². The molecule has 2 rings (SSSR count). The third-order valence-electron chi connectivity index (χ3n) is 5.02. The van der Waals surface area contributed by atoms with Crippen LogP contribution in [0.2, 0.25) is 0 Å². The lowest BCUT2D eigenvalue weighted by molar-refractivity contribution is -0.151. The highest BCUT2D eigenvalue weighted by Crippen LogP contribution is 2.26. The van der Waals surface area contributed by atoms with Gasteiger partial charge >= 0.3 is 5.97 Å². The molecule has 0 heterocycles. The lowest BCUT2D eigenvalue weighted by atomic mass is 9.87. The van der Waals surface area contributed by atoms with Gasteiger partial charge in [0.05, 0.1) is 4.90 Å². The Labute approximate surface area is 161 Å².